The van der Waals surface area contributed by atoms with Gasteiger partial charge in [-0.05, 0) is 33.1 Å². The van der Waals surface area contributed by atoms with Gasteiger partial charge in [0.05, 0.1) is 12.7 Å². The Morgan fingerprint density at radius 2 is 1.64 bits per heavy atom. The normalized spacial score (nSPS) is 29.4. The molecule has 1 rings (SSSR count). The van der Waals surface area contributed by atoms with E-state index in [1.807, 2.05) is 6.92 Å². The van der Waals surface area contributed by atoms with Crippen molar-refractivity contribution in [2.45, 2.75) is 83.1 Å². The molecule has 0 unspecified atom stereocenters. The Bertz CT molecular complexity index is 418. The number of rotatable bonds is 11. The average Bonchev–Trinajstić information content (AvgIpc) is 2.58. The lowest BCUT2D eigenvalue weighted by Gasteiger charge is -2.38. The van der Waals surface area contributed by atoms with Gasteiger partial charge in [-0.25, -0.2) is 0 Å². The summed E-state index contributed by atoms with van der Waals surface area (Å²) in [6, 6.07) is 0. The van der Waals surface area contributed by atoms with Crippen LogP contribution in [0.5, 0.6) is 0 Å². The van der Waals surface area contributed by atoms with E-state index in [4.69, 9.17) is 9.47 Å². The second kappa shape index (κ2) is 11.5. The van der Waals surface area contributed by atoms with Gasteiger partial charge in [-0.2, -0.15) is 0 Å². The molecular weight excluding hydrogens is 330 g/mol. The van der Waals surface area contributed by atoms with E-state index >= 15 is 0 Å². The van der Waals surface area contributed by atoms with Gasteiger partial charge in [-0.3, -0.25) is 9.59 Å². The van der Waals surface area contributed by atoms with Gasteiger partial charge >= 0.3 is 0 Å². The van der Waals surface area contributed by atoms with E-state index in [0.29, 0.717) is 45.1 Å². The fourth-order valence-electron chi connectivity index (χ4n) is 2.64. The van der Waals surface area contributed by atoms with E-state index in [0.717, 1.165) is 0 Å². The van der Waals surface area contributed by atoms with Crippen molar-refractivity contribution in [2.75, 3.05) is 13.2 Å². The number of unbranched alkanes of at least 4 members (excludes halogenated alkanes) is 1. The number of carbonyl (C=O) groups excluding carboxylic acids is 2. The van der Waals surface area contributed by atoms with Gasteiger partial charge in [0.15, 0.2) is 6.29 Å². The number of ether oxygens (including phenoxy) is 2. The number of aliphatic hydroxyl groups excluding tert-OH is 3. The second-order valence-corrected chi connectivity index (χ2v) is 6.36. The number of amides is 1. The van der Waals surface area contributed by atoms with Gasteiger partial charge in [0, 0.05) is 25.8 Å². The maximum Gasteiger partial charge on any atom is 0.219 e. The summed E-state index contributed by atoms with van der Waals surface area (Å²) in [5, 5.41) is 31.8. The minimum absolute atomic E-state index is 0.0101. The zero-order valence-corrected chi connectivity index (χ0v) is 15.0. The van der Waals surface area contributed by atoms with Gasteiger partial charge in [0.1, 0.15) is 24.1 Å². The number of carbonyl (C=O) groups is 2. The third-order valence-corrected chi connectivity index (χ3v) is 4.17. The quantitative estimate of drug-likeness (QED) is 0.378. The Balaban J connectivity index is 2.10. The standard InChI is InChI=1S/C17H31NO7/c1-3-18-13(20)9-5-4-7-12(19)8-6-10-24-17-16(23)15(22)14(21)11(2)25-17/h11,14-17,21-23H,3-10H2,1-2H3,(H,18,20)/t11-,14+,15+,16-,17+/m0/s1. The average molecular weight is 361 g/mol. The van der Waals surface area contributed by atoms with E-state index in [1.54, 1.807) is 6.92 Å². The molecule has 1 heterocycles. The summed E-state index contributed by atoms with van der Waals surface area (Å²) in [6.45, 7) is 4.28. The molecule has 0 aliphatic carbocycles. The highest BCUT2D eigenvalue weighted by atomic mass is 16.7. The summed E-state index contributed by atoms with van der Waals surface area (Å²) in [5.41, 5.74) is 0. The van der Waals surface area contributed by atoms with Crippen molar-refractivity contribution in [1.29, 1.82) is 0 Å². The molecule has 0 aromatic carbocycles. The molecule has 8 heteroatoms. The Kier molecular flexibility index (Phi) is 10.1. The topological polar surface area (TPSA) is 125 Å². The number of hydrogen-bond donors (Lipinski definition) is 4. The minimum Gasteiger partial charge on any atom is -0.388 e. The summed E-state index contributed by atoms with van der Waals surface area (Å²) in [6.07, 6.45) is -2.38. The first-order valence-corrected chi connectivity index (χ1v) is 8.96. The van der Waals surface area contributed by atoms with E-state index in [2.05, 4.69) is 5.32 Å². The number of nitrogens with one attached hydrogen (secondary N) is 1. The van der Waals surface area contributed by atoms with E-state index in [1.165, 1.54) is 0 Å². The highest BCUT2D eigenvalue weighted by Gasteiger charge is 2.42. The Morgan fingerprint density at radius 1 is 1.00 bits per heavy atom. The molecule has 0 aromatic rings. The zero-order chi connectivity index (χ0) is 18.8. The van der Waals surface area contributed by atoms with Crippen LogP contribution in [-0.2, 0) is 19.1 Å². The van der Waals surface area contributed by atoms with E-state index in [-0.39, 0.29) is 18.3 Å². The van der Waals surface area contributed by atoms with Crippen molar-refractivity contribution in [2.24, 2.45) is 0 Å². The SMILES string of the molecule is CCNC(=O)CCCCC(=O)CCCO[C@@H]1O[C@@H](C)[C@@H](O)[C@@H](O)[C@@H]1O. The molecule has 146 valence electrons. The van der Waals surface area contributed by atoms with Crippen LogP contribution in [0, 0.1) is 0 Å². The highest BCUT2D eigenvalue weighted by Crippen LogP contribution is 2.21. The lowest BCUT2D eigenvalue weighted by atomic mass is 10.00. The van der Waals surface area contributed by atoms with Gasteiger partial charge in [0.25, 0.3) is 0 Å². The molecule has 5 atom stereocenters. The molecule has 1 saturated heterocycles. The summed E-state index contributed by atoms with van der Waals surface area (Å²) < 4.78 is 10.7. The maximum atomic E-state index is 11.8. The molecule has 1 amide bonds. The second-order valence-electron chi connectivity index (χ2n) is 6.36. The lowest BCUT2D eigenvalue weighted by molar-refractivity contribution is -0.293. The van der Waals surface area contributed by atoms with Crippen molar-refractivity contribution in [3.63, 3.8) is 0 Å². The Labute approximate surface area is 148 Å². The fraction of sp³-hybridized carbons (Fsp3) is 0.882. The number of ketones is 1. The van der Waals surface area contributed by atoms with E-state index in [9.17, 15) is 24.9 Å². The largest absolute Gasteiger partial charge is 0.388 e. The monoisotopic (exact) mass is 361 g/mol. The predicted octanol–water partition coefficient (Wildman–Crippen LogP) is -0.124. The van der Waals surface area contributed by atoms with Crippen LogP contribution >= 0.6 is 0 Å². The first-order chi connectivity index (χ1) is 11.9. The van der Waals surface area contributed by atoms with Crippen LogP contribution in [0.25, 0.3) is 0 Å². The molecule has 1 aliphatic heterocycles. The molecular formula is C17H31NO7. The van der Waals surface area contributed by atoms with E-state index < -0.39 is 30.7 Å². The van der Waals surface area contributed by atoms with Crippen LogP contribution in [0.15, 0.2) is 0 Å². The highest BCUT2D eigenvalue weighted by molar-refractivity contribution is 5.78. The van der Waals surface area contributed by atoms with Crippen LogP contribution in [0.2, 0.25) is 0 Å². The summed E-state index contributed by atoms with van der Waals surface area (Å²) in [4.78, 5) is 23.0. The molecule has 1 fully saturated rings. The smallest absolute Gasteiger partial charge is 0.219 e. The Hall–Kier alpha value is -1.06. The molecule has 0 saturated carbocycles. The molecule has 1 aliphatic rings. The fourth-order valence-corrected chi connectivity index (χ4v) is 2.64. The summed E-state index contributed by atoms with van der Waals surface area (Å²) in [5.74, 6) is 0.115. The molecule has 0 spiro atoms. The van der Waals surface area contributed by atoms with Crippen molar-refractivity contribution in [1.82, 2.24) is 5.32 Å². The summed E-state index contributed by atoms with van der Waals surface area (Å²) in [7, 11) is 0. The first-order valence-electron chi connectivity index (χ1n) is 8.96. The van der Waals surface area contributed by atoms with Crippen molar-refractivity contribution in [3.05, 3.63) is 0 Å². The van der Waals surface area contributed by atoms with Crippen molar-refractivity contribution in [3.8, 4) is 0 Å². The molecule has 0 bridgehead atoms. The Morgan fingerprint density at radius 3 is 2.32 bits per heavy atom. The lowest BCUT2D eigenvalue weighted by Crippen LogP contribution is -2.57. The van der Waals surface area contributed by atoms with Crippen molar-refractivity contribution >= 4 is 11.7 Å². The van der Waals surface area contributed by atoms with Crippen LogP contribution in [0.1, 0.15) is 52.4 Å². The zero-order valence-electron chi connectivity index (χ0n) is 15.0. The predicted molar refractivity (Wildman–Crippen MR) is 89.7 cm³/mol. The maximum absolute atomic E-state index is 11.8. The van der Waals surface area contributed by atoms with Gasteiger partial charge < -0.3 is 30.1 Å². The third kappa shape index (κ3) is 7.79. The van der Waals surface area contributed by atoms with Crippen molar-refractivity contribution < 1.29 is 34.4 Å². The van der Waals surface area contributed by atoms with Crippen LogP contribution in [0.3, 0.4) is 0 Å². The first kappa shape index (κ1) is 22.0. The molecule has 0 aromatic heterocycles. The van der Waals surface area contributed by atoms with Gasteiger partial charge in [-0.15, -0.1) is 0 Å². The minimum atomic E-state index is -1.32. The van der Waals surface area contributed by atoms with Gasteiger partial charge in [0.2, 0.25) is 5.91 Å². The van der Waals surface area contributed by atoms with Crippen LogP contribution < -0.4 is 5.32 Å². The third-order valence-electron chi connectivity index (χ3n) is 4.17. The van der Waals surface area contributed by atoms with Gasteiger partial charge in [-0.1, -0.05) is 0 Å². The molecule has 0 radical (unpaired) electrons. The molecule has 4 N–H and O–H groups in total. The molecule has 25 heavy (non-hydrogen) atoms. The number of hydrogen-bond acceptors (Lipinski definition) is 7. The van der Waals surface area contributed by atoms with Crippen LogP contribution in [-0.4, -0.2) is 70.9 Å². The molecule has 8 nitrogen and oxygen atoms in total. The number of aliphatic hydroxyl groups is 3. The number of Topliss-reactive ketones (excluding diaryl/α,β-unsaturated/α-hetero) is 1. The van der Waals surface area contributed by atoms with Crippen LogP contribution in [0.4, 0.5) is 0 Å². The summed E-state index contributed by atoms with van der Waals surface area (Å²) >= 11 is 0.